The predicted octanol–water partition coefficient (Wildman–Crippen LogP) is 6.77. The van der Waals surface area contributed by atoms with Crippen molar-refractivity contribution in [2.75, 3.05) is 0 Å². The standard InChI is InChI=1S/C14H17N.C11H10O/c1-11-7-8-14(13(9-11)10-15)12-5-3-2-4-6-12;1-8-2-3-10-7-11(12)5-4-9(10)6-8/h7-9,12H,2-6H2,1H3;2-7,12H,1H3. The molecule has 3 aromatic rings. The molecule has 2 heteroatoms. The van der Waals surface area contributed by atoms with Gasteiger partial charge in [-0.1, -0.05) is 61.2 Å². The average Bonchev–Trinajstić information content (AvgIpc) is 2.69. The van der Waals surface area contributed by atoms with Crippen molar-refractivity contribution in [2.24, 2.45) is 0 Å². The average molecular weight is 357 g/mol. The highest BCUT2D eigenvalue weighted by Gasteiger charge is 2.18. The van der Waals surface area contributed by atoms with Gasteiger partial charge in [0, 0.05) is 0 Å². The minimum Gasteiger partial charge on any atom is -0.508 e. The topological polar surface area (TPSA) is 44.0 Å². The van der Waals surface area contributed by atoms with Crippen LogP contribution in [0, 0.1) is 25.2 Å². The molecule has 0 bridgehead atoms. The second kappa shape index (κ2) is 8.73. The van der Waals surface area contributed by atoms with E-state index in [2.05, 4.69) is 31.2 Å². The van der Waals surface area contributed by atoms with E-state index in [1.165, 1.54) is 54.2 Å². The number of benzene rings is 3. The lowest BCUT2D eigenvalue weighted by Gasteiger charge is -2.22. The predicted molar refractivity (Wildman–Crippen MR) is 112 cm³/mol. The van der Waals surface area contributed by atoms with E-state index in [9.17, 15) is 5.11 Å². The van der Waals surface area contributed by atoms with Crippen molar-refractivity contribution < 1.29 is 5.11 Å². The van der Waals surface area contributed by atoms with Gasteiger partial charge >= 0.3 is 0 Å². The summed E-state index contributed by atoms with van der Waals surface area (Å²) in [7, 11) is 0. The maximum Gasteiger partial charge on any atom is 0.116 e. The van der Waals surface area contributed by atoms with E-state index in [0.717, 1.165) is 10.9 Å². The van der Waals surface area contributed by atoms with Crippen LogP contribution in [0.4, 0.5) is 0 Å². The largest absolute Gasteiger partial charge is 0.508 e. The van der Waals surface area contributed by atoms with E-state index in [1.54, 1.807) is 12.1 Å². The first kappa shape index (κ1) is 19.0. The van der Waals surface area contributed by atoms with Crippen molar-refractivity contribution in [3.8, 4) is 11.8 Å². The fraction of sp³-hybridized carbons (Fsp3) is 0.320. The number of aryl methyl sites for hydroxylation is 2. The Labute approximate surface area is 162 Å². The summed E-state index contributed by atoms with van der Waals surface area (Å²) in [4.78, 5) is 0. The molecule has 1 N–H and O–H groups in total. The minimum atomic E-state index is 0.325. The molecule has 0 heterocycles. The zero-order chi connectivity index (χ0) is 19.2. The first-order valence-electron chi connectivity index (χ1n) is 9.77. The molecule has 1 saturated carbocycles. The van der Waals surface area contributed by atoms with Crippen LogP contribution >= 0.6 is 0 Å². The molecule has 2 nitrogen and oxygen atoms in total. The van der Waals surface area contributed by atoms with E-state index in [0.29, 0.717) is 11.7 Å². The second-order valence-electron chi connectivity index (χ2n) is 7.57. The van der Waals surface area contributed by atoms with Crippen LogP contribution in [0.25, 0.3) is 10.8 Å². The lowest BCUT2D eigenvalue weighted by atomic mass is 9.82. The molecule has 1 aliphatic carbocycles. The maximum atomic E-state index is 9.20. The van der Waals surface area contributed by atoms with Crippen molar-refractivity contribution in [2.45, 2.75) is 51.9 Å². The monoisotopic (exact) mass is 357 g/mol. The fourth-order valence-corrected chi connectivity index (χ4v) is 3.89. The summed E-state index contributed by atoms with van der Waals surface area (Å²) >= 11 is 0. The van der Waals surface area contributed by atoms with Crippen molar-refractivity contribution >= 4 is 10.8 Å². The molecule has 0 aromatic heterocycles. The van der Waals surface area contributed by atoms with Gasteiger partial charge in [-0.15, -0.1) is 0 Å². The number of phenolic OH excluding ortho intramolecular Hbond substituents is 1. The Hall–Kier alpha value is -2.79. The van der Waals surface area contributed by atoms with Crippen LogP contribution in [-0.2, 0) is 0 Å². The Kier molecular flexibility index (Phi) is 6.14. The molecule has 1 fully saturated rings. The molecule has 1 aliphatic rings. The third-order valence-corrected chi connectivity index (χ3v) is 5.35. The van der Waals surface area contributed by atoms with Crippen molar-refractivity contribution in [1.82, 2.24) is 0 Å². The van der Waals surface area contributed by atoms with E-state index < -0.39 is 0 Å². The summed E-state index contributed by atoms with van der Waals surface area (Å²) in [5, 5.41) is 20.6. The molecule has 0 spiro atoms. The van der Waals surface area contributed by atoms with Crippen molar-refractivity contribution in [3.63, 3.8) is 0 Å². The van der Waals surface area contributed by atoms with Crippen LogP contribution in [-0.4, -0.2) is 5.11 Å². The van der Waals surface area contributed by atoms with Gasteiger partial charge in [0.1, 0.15) is 5.75 Å². The van der Waals surface area contributed by atoms with Gasteiger partial charge in [0.05, 0.1) is 11.6 Å². The molecule has 138 valence electrons. The number of aromatic hydroxyl groups is 1. The van der Waals surface area contributed by atoms with Gasteiger partial charge < -0.3 is 5.11 Å². The zero-order valence-corrected chi connectivity index (χ0v) is 16.2. The number of nitriles is 1. The number of hydrogen-bond acceptors (Lipinski definition) is 2. The normalized spacial score (nSPS) is 14.3. The lowest BCUT2D eigenvalue weighted by molar-refractivity contribution is 0.443. The van der Waals surface area contributed by atoms with Gasteiger partial charge in [0.2, 0.25) is 0 Å². The van der Waals surface area contributed by atoms with Crippen molar-refractivity contribution in [3.05, 3.63) is 76.9 Å². The summed E-state index contributed by atoms with van der Waals surface area (Å²) in [5.41, 5.74) is 4.60. The summed E-state index contributed by atoms with van der Waals surface area (Å²) in [6, 6.07) is 20.2. The first-order valence-corrected chi connectivity index (χ1v) is 9.77. The summed E-state index contributed by atoms with van der Waals surface area (Å²) in [6.07, 6.45) is 6.53. The maximum absolute atomic E-state index is 9.20. The summed E-state index contributed by atoms with van der Waals surface area (Å²) < 4.78 is 0. The van der Waals surface area contributed by atoms with Gasteiger partial charge in [0.15, 0.2) is 0 Å². The lowest BCUT2D eigenvalue weighted by Crippen LogP contribution is -2.06. The highest BCUT2D eigenvalue weighted by molar-refractivity contribution is 5.84. The van der Waals surface area contributed by atoms with Crippen LogP contribution in [0.2, 0.25) is 0 Å². The number of hydrogen-bond donors (Lipinski definition) is 1. The molecule has 0 radical (unpaired) electrons. The Balaban J connectivity index is 0.000000159. The number of rotatable bonds is 1. The van der Waals surface area contributed by atoms with Gasteiger partial charge in [-0.3, -0.25) is 0 Å². The molecule has 27 heavy (non-hydrogen) atoms. The Morgan fingerprint density at radius 3 is 2.19 bits per heavy atom. The fourth-order valence-electron chi connectivity index (χ4n) is 3.89. The van der Waals surface area contributed by atoms with Gasteiger partial charge in [-0.25, -0.2) is 0 Å². The number of phenols is 1. The molecular formula is C25H27NO. The second-order valence-corrected chi connectivity index (χ2v) is 7.57. The van der Waals surface area contributed by atoms with E-state index in [4.69, 9.17) is 5.26 Å². The highest BCUT2D eigenvalue weighted by atomic mass is 16.3. The first-order chi connectivity index (χ1) is 13.1. The molecular weight excluding hydrogens is 330 g/mol. The SMILES string of the molecule is Cc1ccc(C2CCCCC2)c(C#N)c1.Cc1ccc2cc(O)ccc2c1. The Bertz CT molecular complexity index is 920. The van der Waals surface area contributed by atoms with Crippen LogP contribution in [0.1, 0.15) is 60.3 Å². The van der Waals surface area contributed by atoms with E-state index in [1.807, 2.05) is 31.2 Å². The van der Waals surface area contributed by atoms with Gasteiger partial charge in [-0.05, 0) is 72.7 Å². The molecule has 0 amide bonds. The molecule has 0 saturated heterocycles. The quantitative estimate of drug-likeness (QED) is 0.522. The zero-order valence-electron chi connectivity index (χ0n) is 16.2. The van der Waals surface area contributed by atoms with Crippen LogP contribution < -0.4 is 0 Å². The summed E-state index contributed by atoms with van der Waals surface area (Å²) in [5.74, 6) is 0.959. The van der Waals surface area contributed by atoms with Gasteiger partial charge in [0.25, 0.3) is 0 Å². The Morgan fingerprint density at radius 1 is 0.815 bits per heavy atom. The van der Waals surface area contributed by atoms with Crippen LogP contribution in [0.5, 0.6) is 5.75 Å². The molecule has 0 aliphatic heterocycles. The highest BCUT2D eigenvalue weighted by Crippen LogP contribution is 2.34. The molecule has 0 atom stereocenters. The van der Waals surface area contributed by atoms with E-state index >= 15 is 0 Å². The Morgan fingerprint density at radius 2 is 1.44 bits per heavy atom. The third-order valence-electron chi connectivity index (χ3n) is 5.35. The number of fused-ring (bicyclic) bond motifs is 1. The third kappa shape index (κ3) is 4.89. The van der Waals surface area contributed by atoms with Crippen LogP contribution in [0.15, 0.2) is 54.6 Å². The minimum absolute atomic E-state index is 0.325. The number of nitrogens with zero attached hydrogens (tertiary/aromatic N) is 1. The van der Waals surface area contributed by atoms with Gasteiger partial charge in [-0.2, -0.15) is 5.26 Å². The molecule has 4 rings (SSSR count). The smallest absolute Gasteiger partial charge is 0.116 e. The van der Waals surface area contributed by atoms with Crippen LogP contribution in [0.3, 0.4) is 0 Å². The van der Waals surface area contributed by atoms with E-state index in [-0.39, 0.29) is 0 Å². The molecule has 0 unspecified atom stereocenters. The van der Waals surface area contributed by atoms with Crippen molar-refractivity contribution in [1.29, 1.82) is 5.26 Å². The molecule has 3 aromatic carbocycles. The summed E-state index contributed by atoms with van der Waals surface area (Å²) in [6.45, 7) is 4.11.